The van der Waals surface area contributed by atoms with Crippen molar-refractivity contribution < 1.29 is 13.2 Å². The molecule has 0 unspecified atom stereocenters. The van der Waals surface area contributed by atoms with Crippen LogP contribution >= 0.6 is 0 Å². The van der Waals surface area contributed by atoms with Gasteiger partial charge in [0, 0.05) is 24.5 Å². The minimum atomic E-state index is -3.65. The van der Waals surface area contributed by atoms with Crippen LogP contribution in [0.4, 0.5) is 0 Å². The molecule has 1 aliphatic carbocycles. The molecule has 7 heteroatoms. The third-order valence-corrected chi connectivity index (χ3v) is 5.11. The Labute approximate surface area is 136 Å². The third-order valence-electron chi connectivity index (χ3n) is 3.80. The summed E-state index contributed by atoms with van der Waals surface area (Å²) in [5.74, 6) is 0.503. The van der Waals surface area contributed by atoms with Gasteiger partial charge in [0.25, 0.3) is 10.0 Å². The second kappa shape index (κ2) is 7.06. The Bertz CT molecular complexity index is 744. The number of aromatic nitrogens is 2. The summed E-state index contributed by atoms with van der Waals surface area (Å²) in [5.41, 5.74) is 0.721. The zero-order chi connectivity index (χ0) is 16.1. The average Bonchev–Trinajstić information content (AvgIpc) is 3.08. The molecule has 0 radical (unpaired) electrons. The Morgan fingerprint density at radius 3 is 2.61 bits per heavy atom. The molecule has 3 rings (SSSR count). The van der Waals surface area contributed by atoms with E-state index in [0.717, 1.165) is 18.4 Å². The third kappa shape index (κ3) is 4.05. The topological polar surface area (TPSA) is 81.2 Å². The summed E-state index contributed by atoms with van der Waals surface area (Å²) in [7, 11) is -3.65. The molecule has 0 amide bonds. The van der Waals surface area contributed by atoms with Crippen molar-refractivity contribution in [2.24, 2.45) is 0 Å². The predicted octanol–water partition coefficient (Wildman–Crippen LogP) is 2.28. The number of rotatable bonds is 6. The monoisotopic (exact) mass is 333 g/mol. The first kappa shape index (κ1) is 15.9. The van der Waals surface area contributed by atoms with Crippen LogP contribution in [0.5, 0.6) is 5.88 Å². The van der Waals surface area contributed by atoms with Gasteiger partial charge in [0.2, 0.25) is 5.88 Å². The van der Waals surface area contributed by atoms with E-state index in [9.17, 15) is 8.42 Å². The van der Waals surface area contributed by atoms with Gasteiger partial charge in [0.1, 0.15) is 6.10 Å². The lowest BCUT2D eigenvalue weighted by molar-refractivity contribution is 0.199. The molecule has 0 atom stereocenters. The van der Waals surface area contributed by atoms with Crippen LogP contribution in [0.25, 0.3) is 0 Å². The Hall–Kier alpha value is -1.99. The van der Waals surface area contributed by atoms with Crippen molar-refractivity contribution in [2.75, 3.05) is 0 Å². The van der Waals surface area contributed by atoms with Crippen molar-refractivity contribution >= 4 is 10.0 Å². The summed E-state index contributed by atoms with van der Waals surface area (Å²) in [6.45, 7) is 0.120. The van der Waals surface area contributed by atoms with E-state index in [4.69, 9.17) is 4.74 Å². The van der Waals surface area contributed by atoms with Crippen LogP contribution in [-0.4, -0.2) is 24.5 Å². The van der Waals surface area contributed by atoms with Gasteiger partial charge in [-0.3, -0.25) is 0 Å². The predicted molar refractivity (Wildman–Crippen MR) is 85.4 cm³/mol. The highest BCUT2D eigenvalue weighted by molar-refractivity contribution is 7.89. The van der Waals surface area contributed by atoms with Crippen molar-refractivity contribution in [1.29, 1.82) is 0 Å². The summed E-state index contributed by atoms with van der Waals surface area (Å²) in [6.07, 6.45) is 7.66. The zero-order valence-corrected chi connectivity index (χ0v) is 13.5. The highest BCUT2D eigenvalue weighted by Crippen LogP contribution is 2.25. The van der Waals surface area contributed by atoms with E-state index < -0.39 is 10.0 Å². The molecule has 0 spiro atoms. The minimum Gasteiger partial charge on any atom is -0.474 e. The van der Waals surface area contributed by atoms with E-state index >= 15 is 0 Å². The zero-order valence-electron chi connectivity index (χ0n) is 12.7. The molecule has 122 valence electrons. The Morgan fingerprint density at radius 1 is 1.09 bits per heavy atom. The molecule has 0 saturated heterocycles. The maximum Gasteiger partial charge on any atom is 0.258 e. The van der Waals surface area contributed by atoms with Crippen LogP contribution in [0.3, 0.4) is 0 Å². The van der Waals surface area contributed by atoms with Crippen LogP contribution in [-0.2, 0) is 16.6 Å². The Balaban J connectivity index is 1.70. The summed E-state index contributed by atoms with van der Waals surface area (Å²) in [4.78, 5) is 8.11. The van der Waals surface area contributed by atoms with Crippen molar-refractivity contribution in [3.8, 4) is 5.88 Å². The SMILES string of the molecule is O=S(=O)(NCc1cccnc1OC1CCCC1)c1ccccn1. The Kier molecular flexibility index (Phi) is 4.88. The number of sulfonamides is 1. The molecule has 2 aromatic rings. The standard InChI is InChI=1S/C16H19N3O3S/c20-23(21,15-9-3-4-10-17-15)19-12-13-6-5-11-18-16(13)22-14-7-1-2-8-14/h3-6,9-11,14,19H,1-2,7-8,12H2. The molecule has 1 aliphatic rings. The fourth-order valence-electron chi connectivity index (χ4n) is 2.58. The van der Waals surface area contributed by atoms with Crippen LogP contribution < -0.4 is 9.46 Å². The van der Waals surface area contributed by atoms with Gasteiger partial charge in [-0.1, -0.05) is 12.1 Å². The van der Waals surface area contributed by atoms with E-state index in [0.29, 0.717) is 5.88 Å². The fourth-order valence-corrected chi connectivity index (χ4v) is 3.53. The van der Waals surface area contributed by atoms with Crippen LogP contribution in [0.1, 0.15) is 31.2 Å². The molecule has 1 N–H and O–H groups in total. The normalized spacial score (nSPS) is 15.7. The van der Waals surface area contributed by atoms with Gasteiger partial charge in [-0.2, -0.15) is 0 Å². The summed E-state index contributed by atoms with van der Waals surface area (Å²) >= 11 is 0. The van der Waals surface area contributed by atoms with Gasteiger partial charge in [-0.05, 0) is 43.9 Å². The van der Waals surface area contributed by atoms with Crippen molar-refractivity contribution in [3.63, 3.8) is 0 Å². The first-order chi connectivity index (χ1) is 11.1. The van der Waals surface area contributed by atoms with E-state index in [-0.39, 0.29) is 17.7 Å². The molecule has 2 aromatic heterocycles. The maximum atomic E-state index is 12.2. The average molecular weight is 333 g/mol. The lowest BCUT2D eigenvalue weighted by Crippen LogP contribution is -2.25. The number of nitrogens with one attached hydrogen (secondary N) is 1. The molecule has 6 nitrogen and oxygen atoms in total. The molecule has 2 heterocycles. The van der Waals surface area contributed by atoms with E-state index in [1.54, 1.807) is 24.4 Å². The first-order valence-corrected chi connectivity index (χ1v) is 9.15. The van der Waals surface area contributed by atoms with E-state index in [2.05, 4.69) is 14.7 Å². The van der Waals surface area contributed by atoms with Gasteiger partial charge in [-0.25, -0.2) is 23.1 Å². The fraction of sp³-hybridized carbons (Fsp3) is 0.375. The Morgan fingerprint density at radius 2 is 1.87 bits per heavy atom. The second-order valence-electron chi connectivity index (χ2n) is 5.48. The number of hydrogen-bond donors (Lipinski definition) is 1. The lowest BCUT2D eigenvalue weighted by atomic mass is 10.2. The lowest BCUT2D eigenvalue weighted by Gasteiger charge is -2.15. The van der Waals surface area contributed by atoms with Gasteiger partial charge >= 0.3 is 0 Å². The smallest absolute Gasteiger partial charge is 0.258 e. The number of nitrogens with zero attached hydrogens (tertiary/aromatic N) is 2. The van der Waals surface area contributed by atoms with Crippen LogP contribution in [0.15, 0.2) is 47.8 Å². The summed E-state index contributed by atoms with van der Waals surface area (Å²) < 4.78 is 32.9. The van der Waals surface area contributed by atoms with Gasteiger partial charge in [-0.15, -0.1) is 0 Å². The number of pyridine rings is 2. The van der Waals surface area contributed by atoms with E-state index in [1.165, 1.54) is 25.1 Å². The molecule has 0 bridgehead atoms. The largest absolute Gasteiger partial charge is 0.474 e. The minimum absolute atomic E-state index is 0.00199. The molecular weight excluding hydrogens is 314 g/mol. The molecule has 0 aromatic carbocycles. The molecule has 1 saturated carbocycles. The van der Waals surface area contributed by atoms with E-state index in [1.807, 2.05) is 6.07 Å². The second-order valence-corrected chi connectivity index (χ2v) is 7.20. The molecule has 1 fully saturated rings. The highest BCUT2D eigenvalue weighted by Gasteiger charge is 2.20. The first-order valence-electron chi connectivity index (χ1n) is 7.66. The summed E-state index contributed by atoms with van der Waals surface area (Å²) in [5, 5.41) is 0.00199. The van der Waals surface area contributed by atoms with Gasteiger partial charge in [0.05, 0.1) is 0 Å². The maximum absolute atomic E-state index is 12.2. The molecule has 23 heavy (non-hydrogen) atoms. The van der Waals surface area contributed by atoms with Crippen molar-refractivity contribution in [3.05, 3.63) is 48.3 Å². The molecular formula is C16H19N3O3S. The summed E-state index contributed by atoms with van der Waals surface area (Å²) in [6, 6.07) is 8.36. The van der Waals surface area contributed by atoms with Crippen molar-refractivity contribution in [1.82, 2.24) is 14.7 Å². The quantitative estimate of drug-likeness (QED) is 0.877. The van der Waals surface area contributed by atoms with Crippen molar-refractivity contribution in [2.45, 2.75) is 43.4 Å². The van der Waals surface area contributed by atoms with Crippen LogP contribution in [0, 0.1) is 0 Å². The molecule has 0 aliphatic heterocycles. The van der Waals surface area contributed by atoms with Gasteiger partial charge in [0.15, 0.2) is 5.03 Å². The van der Waals surface area contributed by atoms with Gasteiger partial charge < -0.3 is 4.74 Å². The number of hydrogen-bond acceptors (Lipinski definition) is 5. The highest BCUT2D eigenvalue weighted by atomic mass is 32.2. The number of ether oxygens (including phenoxy) is 1. The van der Waals surface area contributed by atoms with Crippen LogP contribution in [0.2, 0.25) is 0 Å².